The van der Waals surface area contributed by atoms with E-state index in [1.165, 1.54) is 0 Å². The Morgan fingerprint density at radius 1 is 1.59 bits per heavy atom. The molecule has 17 heavy (non-hydrogen) atoms. The molecule has 5 heteroatoms. The van der Waals surface area contributed by atoms with Crippen LogP contribution < -0.4 is 0 Å². The highest BCUT2D eigenvalue weighted by molar-refractivity contribution is 14.1. The standard InChI is InChI=1S/C12H15IN2O2/c1-8-9(13)6-15(10(8)5-14)7-11(16)17-12(2,3)4/h6H,7H2,1-4H3. The van der Waals surface area contributed by atoms with Crippen LogP contribution in [0.1, 0.15) is 32.0 Å². The van der Waals surface area contributed by atoms with E-state index >= 15 is 0 Å². The lowest BCUT2D eigenvalue weighted by atomic mass is 10.2. The normalized spacial score (nSPS) is 11.1. The Hall–Kier alpha value is -1.03. The molecule has 0 aliphatic heterocycles. The summed E-state index contributed by atoms with van der Waals surface area (Å²) in [5.41, 5.74) is 0.913. The van der Waals surface area contributed by atoms with Gasteiger partial charge >= 0.3 is 5.97 Å². The van der Waals surface area contributed by atoms with E-state index in [0.717, 1.165) is 9.13 Å². The highest BCUT2D eigenvalue weighted by Crippen LogP contribution is 2.18. The predicted octanol–water partition coefficient (Wildman–Crippen LogP) is 2.61. The number of hydrogen-bond donors (Lipinski definition) is 0. The second-order valence-corrected chi connectivity index (χ2v) is 5.94. The Morgan fingerprint density at radius 2 is 2.18 bits per heavy atom. The van der Waals surface area contributed by atoms with E-state index in [4.69, 9.17) is 10.00 Å². The molecule has 92 valence electrons. The summed E-state index contributed by atoms with van der Waals surface area (Å²) >= 11 is 2.15. The largest absolute Gasteiger partial charge is 0.459 e. The number of aromatic nitrogens is 1. The fraction of sp³-hybridized carbons (Fsp3) is 0.500. The average Bonchev–Trinajstić information content (AvgIpc) is 2.39. The molecule has 1 aromatic heterocycles. The zero-order valence-corrected chi connectivity index (χ0v) is 12.5. The molecule has 0 spiro atoms. The van der Waals surface area contributed by atoms with Crippen molar-refractivity contribution in [2.45, 2.75) is 39.8 Å². The zero-order chi connectivity index (χ0) is 13.2. The molecule has 0 N–H and O–H groups in total. The number of halogens is 1. The Morgan fingerprint density at radius 3 is 2.65 bits per heavy atom. The highest BCUT2D eigenvalue weighted by Gasteiger charge is 2.18. The minimum Gasteiger partial charge on any atom is -0.459 e. The first-order valence-electron chi connectivity index (χ1n) is 5.22. The number of ether oxygens (including phenoxy) is 1. The highest BCUT2D eigenvalue weighted by atomic mass is 127. The number of nitrogens with zero attached hydrogens (tertiary/aromatic N) is 2. The summed E-state index contributed by atoms with van der Waals surface area (Å²) in [5, 5.41) is 9.03. The van der Waals surface area contributed by atoms with Crippen molar-refractivity contribution in [3.63, 3.8) is 0 Å². The van der Waals surface area contributed by atoms with Crippen LogP contribution in [0.5, 0.6) is 0 Å². The molecule has 0 fully saturated rings. The molecule has 0 atom stereocenters. The number of carbonyl (C=O) groups is 1. The minimum atomic E-state index is -0.501. The van der Waals surface area contributed by atoms with Gasteiger partial charge in [-0.25, -0.2) is 0 Å². The van der Waals surface area contributed by atoms with Crippen LogP contribution in [0.15, 0.2) is 6.20 Å². The monoisotopic (exact) mass is 346 g/mol. The summed E-state index contributed by atoms with van der Waals surface area (Å²) in [6, 6.07) is 2.10. The van der Waals surface area contributed by atoms with Gasteiger partial charge in [-0.15, -0.1) is 0 Å². The molecule has 1 aromatic rings. The van der Waals surface area contributed by atoms with Crippen LogP contribution in [-0.4, -0.2) is 16.1 Å². The number of nitriles is 1. The second-order valence-electron chi connectivity index (χ2n) is 4.78. The van der Waals surface area contributed by atoms with Crippen molar-refractivity contribution >= 4 is 28.6 Å². The van der Waals surface area contributed by atoms with Crippen molar-refractivity contribution < 1.29 is 9.53 Å². The first kappa shape index (κ1) is 14.0. The molecule has 0 radical (unpaired) electrons. The van der Waals surface area contributed by atoms with Crippen LogP contribution in [0.4, 0.5) is 0 Å². The molecular formula is C12H15IN2O2. The third-order valence-corrected chi connectivity index (χ3v) is 3.18. The van der Waals surface area contributed by atoms with Gasteiger partial charge in [-0.05, 0) is 55.8 Å². The molecule has 0 aliphatic carbocycles. The molecule has 0 aromatic carbocycles. The summed E-state index contributed by atoms with van der Waals surface area (Å²) < 4.78 is 7.82. The van der Waals surface area contributed by atoms with E-state index in [1.807, 2.05) is 27.7 Å². The van der Waals surface area contributed by atoms with Gasteiger partial charge in [0.15, 0.2) is 0 Å². The fourth-order valence-corrected chi connectivity index (χ4v) is 2.00. The van der Waals surface area contributed by atoms with Gasteiger partial charge in [-0.1, -0.05) is 0 Å². The zero-order valence-electron chi connectivity index (χ0n) is 10.4. The van der Waals surface area contributed by atoms with Gasteiger partial charge in [0.1, 0.15) is 23.9 Å². The van der Waals surface area contributed by atoms with E-state index in [9.17, 15) is 4.79 Å². The van der Waals surface area contributed by atoms with Crippen molar-refractivity contribution in [2.75, 3.05) is 0 Å². The van der Waals surface area contributed by atoms with E-state index in [2.05, 4.69) is 28.7 Å². The van der Waals surface area contributed by atoms with E-state index in [0.29, 0.717) is 5.69 Å². The first-order chi connectivity index (χ1) is 7.74. The average molecular weight is 346 g/mol. The molecule has 0 unspecified atom stereocenters. The quantitative estimate of drug-likeness (QED) is 0.611. The van der Waals surface area contributed by atoms with Gasteiger partial charge in [-0.2, -0.15) is 5.26 Å². The molecule has 1 rings (SSSR count). The summed E-state index contributed by atoms with van der Waals surface area (Å²) in [4.78, 5) is 11.7. The summed E-state index contributed by atoms with van der Waals surface area (Å²) in [6.07, 6.45) is 1.79. The van der Waals surface area contributed by atoms with Gasteiger partial charge in [-0.3, -0.25) is 4.79 Å². The minimum absolute atomic E-state index is 0.0734. The summed E-state index contributed by atoms with van der Waals surface area (Å²) in [6.45, 7) is 7.40. The van der Waals surface area contributed by atoms with Gasteiger partial charge in [0, 0.05) is 9.77 Å². The molecule has 1 heterocycles. The Balaban J connectivity index is 2.87. The predicted molar refractivity (Wildman–Crippen MR) is 72.4 cm³/mol. The summed E-state index contributed by atoms with van der Waals surface area (Å²) in [5.74, 6) is -0.333. The number of carbonyl (C=O) groups excluding carboxylic acids is 1. The van der Waals surface area contributed by atoms with Crippen LogP contribution >= 0.6 is 22.6 Å². The van der Waals surface area contributed by atoms with Crippen molar-refractivity contribution in [2.24, 2.45) is 0 Å². The van der Waals surface area contributed by atoms with Crippen LogP contribution in [0.3, 0.4) is 0 Å². The van der Waals surface area contributed by atoms with Gasteiger partial charge in [0.05, 0.1) is 0 Å². The van der Waals surface area contributed by atoms with Crippen molar-refractivity contribution in [1.29, 1.82) is 5.26 Å². The van der Waals surface area contributed by atoms with Gasteiger partial charge in [0.2, 0.25) is 0 Å². The maximum absolute atomic E-state index is 11.7. The maximum Gasteiger partial charge on any atom is 0.326 e. The molecule has 0 aliphatic rings. The molecule has 0 saturated carbocycles. The molecule has 0 amide bonds. The fourth-order valence-electron chi connectivity index (χ4n) is 1.41. The number of rotatable bonds is 2. The Bertz CT molecular complexity index is 478. The molecule has 0 bridgehead atoms. The van der Waals surface area contributed by atoms with Gasteiger partial charge < -0.3 is 9.30 Å². The lowest BCUT2D eigenvalue weighted by Gasteiger charge is -2.19. The third-order valence-electron chi connectivity index (χ3n) is 2.10. The van der Waals surface area contributed by atoms with Crippen LogP contribution in [0, 0.1) is 21.8 Å². The second kappa shape index (κ2) is 5.08. The van der Waals surface area contributed by atoms with E-state index in [-0.39, 0.29) is 12.5 Å². The number of esters is 1. The summed E-state index contributed by atoms with van der Waals surface area (Å²) in [7, 11) is 0. The third kappa shape index (κ3) is 3.73. The lowest BCUT2D eigenvalue weighted by molar-refractivity contribution is -0.155. The number of hydrogen-bond acceptors (Lipinski definition) is 3. The van der Waals surface area contributed by atoms with Crippen LogP contribution in [0.25, 0.3) is 0 Å². The SMILES string of the molecule is Cc1c(I)cn(CC(=O)OC(C)(C)C)c1C#N. The Labute approximate surface area is 115 Å². The molecular weight excluding hydrogens is 331 g/mol. The topological polar surface area (TPSA) is 55.0 Å². The maximum atomic E-state index is 11.7. The van der Waals surface area contributed by atoms with E-state index in [1.54, 1.807) is 10.8 Å². The molecule has 0 saturated heterocycles. The van der Waals surface area contributed by atoms with E-state index < -0.39 is 5.60 Å². The van der Waals surface area contributed by atoms with Crippen LogP contribution in [0.2, 0.25) is 0 Å². The Kier molecular flexibility index (Phi) is 4.20. The smallest absolute Gasteiger partial charge is 0.326 e. The molecule has 4 nitrogen and oxygen atoms in total. The van der Waals surface area contributed by atoms with Crippen LogP contribution in [-0.2, 0) is 16.1 Å². The lowest BCUT2D eigenvalue weighted by Crippen LogP contribution is -2.26. The van der Waals surface area contributed by atoms with Gasteiger partial charge in [0.25, 0.3) is 0 Å². The first-order valence-corrected chi connectivity index (χ1v) is 6.29. The van der Waals surface area contributed by atoms with Crippen molar-refractivity contribution in [3.05, 3.63) is 21.0 Å². The van der Waals surface area contributed by atoms with Crippen molar-refractivity contribution in [1.82, 2.24) is 4.57 Å². The van der Waals surface area contributed by atoms with Crippen molar-refractivity contribution in [3.8, 4) is 6.07 Å².